The predicted molar refractivity (Wildman–Crippen MR) is 80.9 cm³/mol. The van der Waals surface area contributed by atoms with Crippen molar-refractivity contribution in [3.05, 3.63) is 58.6 Å². The average Bonchev–Trinajstić information content (AvgIpc) is 2.70. The lowest BCUT2D eigenvalue weighted by atomic mass is 9.87. The zero-order valence-corrected chi connectivity index (χ0v) is 12.4. The zero-order chi connectivity index (χ0) is 15.2. The Morgan fingerprint density at radius 3 is 2.48 bits per heavy atom. The average molecular weight is 304 g/mol. The molecule has 1 aliphatic heterocycles. The summed E-state index contributed by atoms with van der Waals surface area (Å²) < 4.78 is 5.10. The molecule has 0 spiro atoms. The maximum Gasteiger partial charge on any atom is 0.268 e. The van der Waals surface area contributed by atoms with Gasteiger partial charge in [-0.1, -0.05) is 23.7 Å². The molecule has 0 bridgehead atoms. The lowest BCUT2D eigenvalue weighted by Gasteiger charge is -2.22. The number of nitrogens with zero attached hydrogens (tertiary/aromatic N) is 1. The van der Waals surface area contributed by atoms with Crippen molar-refractivity contribution in [2.24, 2.45) is 0 Å². The van der Waals surface area contributed by atoms with Gasteiger partial charge >= 0.3 is 0 Å². The monoisotopic (exact) mass is 303 g/mol. The molecule has 2 aromatic rings. The summed E-state index contributed by atoms with van der Waals surface area (Å²) in [4.78, 5) is 14.0. The van der Waals surface area contributed by atoms with E-state index in [1.165, 1.54) is 4.90 Å². The van der Waals surface area contributed by atoms with Crippen molar-refractivity contribution in [2.45, 2.75) is 5.60 Å². The second kappa shape index (κ2) is 4.76. The SMILES string of the molecule is COc1ccc([C@]2(O)C(=O)N(C)c3ccc(Cl)cc32)cc1. The molecule has 3 rings (SSSR count). The summed E-state index contributed by atoms with van der Waals surface area (Å²) in [6, 6.07) is 11.8. The maximum absolute atomic E-state index is 12.6. The third-order valence-corrected chi connectivity index (χ3v) is 4.07. The number of aliphatic hydroxyl groups is 1. The minimum absolute atomic E-state index is 0.398. The van der Waals surface area contributed by atoms with E-state index in [-0.39, 0.29) is 0 Å². The highest BCUT2D eigenvalue weighted by Crippen LogP contribution is 2.44. The van der Waals surface area contributed by atoms with Gasteiger partial charge in [0.2, 0.25) is 0 Å². The van der Waals surface area contributed by atoms with Crippen molar-refractivity contribution in [2.75, 3.05) is 19.1 Å². The fraction of sp³-hybridized carbons (Fsp3) is 0.188. The van der Waals surface area contributed by atoms with Gasteiger partial charge in [0.05, 0.1) is 12.8 Å². The van der Waals surface area contributed by atoms with Crippen LogP contribution in [0.5, 0.6) is 5.75 Å². The smallest absolute Gasteiger partial charge is 0.268 e. The van der Waals surface area contributed by atoms with Crippen LogP contribution in [0.3, 0.4) is 0 Å². The normalized spacial score (nSPS) is 20.6. The van der Waals surface area contributed by atoms with Gasteiger partial charge in [0, 0.05) is 17.6 Å². The van der Waals surface area contributed by atoms with Crippen molar-refractivity contribution in [3.63, 3.8) is 0 Å². The quantitative estimate of drug-likeness (QED) is 0.927. The van der Waals surface area contributed by atoms with E-state index >= 15 is 0 Å². The summed E-state index contributed by atoms with van der Waals surface area (Å²) in [6.07, 6.45) is 0. The summed E-state index contributed by atoms with van der Waals surface area (Å²) in [5.74, 6) is 0.261. The molecule has 1 atom stereocenters. The van der Waals surface area contributed by atoms with Crippen LogP contribution in [-0.2, 0) is 10.4 Å². The molecule has 0 aromatic heterocycles. The maximum atomic E-state index is 12.6. The number of hydrogen-bond acceptors (Lipinski definition) is 3. The number of methoxy groups -OCH3 is 1. The number of benzene rings is 2. The molecule has 1 amide bonds. The topological polar surface area (TPSA) is 49.8 Å². The molecule has 108 valence electrons. The van der Waals surface area contributed by atoms with E-state index in [0.717, 1.165) is 0 Å². The molecule has 0 unspecified atom stereocenters. The van der Waals surface area contributed by atoms with E-state index in [1.54, 1.807) is 56.6 Å². The number of rotatable bonds is 2. The minimum atomic E-state index is -1.72. The van der Waals surface area contributed by atoms with Crippen molar-refractivity contribution < 1.29 is 14.6 Å². The van der Waals surface area contributed by atoms with Crippen molar-refractivity contribution in [1.29, 1.82) is 0 Å². The summed E-state index contributed by atoms with van der Waals surface area (Å²) in [7, 11) is 3.20. The predicted octanol–water partition coefficient (Wildman–Crippen LogP) is 2.56. The molecule has 1 N–H and O–H groups in total. The van der Waals surface area contributed by atoms with Gasteiger partial charge in [0.1, 0.15) is 5.75 Å². The Labute approximate surface area is 127 Å². The lowest BCUT2D eigenvalue weighted by molar-refractivity contribution is -0.131. The van der Waals surface area contributed by atoms with Crippen molar-refractivity contribution >= 4 is 23.2 Å². The fourth-order valence-electron chi connectivity index (χ4n) is 2.67. The van der Waals surface area contributed by atoms with Crippen LogP contribution in [0.15, 0.2) is 42.5 Å². The summed E-state index contributed by atoms with van der Waals surface area (Å²) in [5.41, 5.74) is -0.0853. The molecular formula is C16H14ClNO3. The number of carbonyl (C=O) groups is 1. The first-order chi connectivity index (χ1) is 9.98. The van der Waals surface area contributed by atoms with Crippen LogP contribution in [0, 0.1) is 0 Å². The standard InChI is InChI=1S/C16H14ClNO3/c1-18-14-8-5-11(17)9-13(14)16(20,15(18)19)10-3-6-12(21-2)7-4-10/h3-9,20H,1-2H3/t16-/m1/s1. The van der Waals surface area contributed by atoms with Gasteiger partial charge in [0.25, 0.3) is 5.91 Å². The van der Waals surface area contributed by atoms with Gasteiger partial charge in [-0.2, -0.15) is 0 Å². The lowest BCUT2D eigenvalue weighted by Crippen LogP contribution is -2.39. The van der Waals surface area contributed by atoms with Crippen LogP contribution < -0.4 is 9.64 Å². The number of anilines is 1. The van der Waals surface area contributed by atoms with Gasteiger partial charge in [-0.05, 0) is 35.9 Å². The van der Waals surface area contributed by atoms with Gasteiger partial charge < -0.3 is 14.7 Å². The molecule has 2 aromatic carbocycles. The Morgan fingerprint density at radius 2 is 1.86 bits per heavy atom. The molecule has 1 aliphatic rings. The summed E-state index contributed by atoms with van der Waals surface area (Å²) >= 11 is 6.02. The molecule has 5 heteroatoms. The first-order valence-electron chi connectivity index (χ1n) is 6.43. The molecule has 0 saturated heterocycles. The number of hydrogen-bond donors (Lipinski definition) is 1. The highest BCUT2D eigenvalue weighted by atomic mass is 35.5. The Morgan fingerprint density at radius 1 is 1.19 bits per heavy atom. The molecule has 21 heavy (non-hydrogen) atoms. The number of ether oxygens (including phenoxy) is 1. The Bertz CT molecular complexity index is 714. The van der Waals surface area contributed by atoms with Crippen LogP contribution in [0.4, 0.5) is 5.69 Å². The molecule has 4 nitrogen and oxygen atoms in total. The molecular weight excluding hydrogens is 290 g/mol. The highest BCUT2D eigenvalue weighted by Gasteiger charge is 2.49. The van der Waals surface area contributed by atoms with Gasteiger partial charge in [-0.25, -0.2) is 0 Å². The van der Waals surface area contributed by atoms with Crippen molar-refractivity contribution in [1.82, 2.24) is 0 Å². The Hall–Kier alpha value is -2.04. The third kappa shape index (κ3) is 1.91. The van der Waals surface area contributed by atoms with Gasteiger partial charge in [-0.15, -0.1) is 0 Å². The first kappa shape index (κ1) is 13.9. The number of carbonyl (C=O) groups excluding carboxylic acids is 1. The van der Waals surface area contributed by atoms with Gasteiger partial charge in [0.15, 0.2) is 5.60 Å². The molecule has 0 radical (unpaired) electrons. The second-order valence-electron chi connectivity index (χ2n) is 4.96. The van der Waals surface area contributed by atoms with E-state index in [1.807, 2.05) is 0 Å². The van der Waals surface area contributed by atoms with Crippen LogP contribution in [0.1, 0.15) is 11.1 Å². The molecule has 0 aliphatic carbocycles. The van der Waals surface area contributed by atoms with Crippen LogP contribution >= 0.6 is 11.6 Å². The first-order valence-corrected chi connectivity index (χ1v) is 6.81. The van der Waals surface area contributed by atoms with Crippen molar-refractivity contribution in [3.8, 4) is 5.75 Å². The van der Waals surface area contributed by atoms with E-state index < -0.39 is 11.5 Å². The number of amides is 1. The summed E-state index contributed by atoms with van der Waals surface area (Å²) in [5, 5.41) is 11.5. The van der Waals surface area contributed by atoms with E-state index in [9.17, 15) is 9.90 Å². The molecule has 0 saturated carbocycles. The highest BCUT2D eigenvalue weighted by molar-refractivity contribution is 6.31. The zero-order valence-electron chi connectivity index (χ0n) is 11.6. The van der Waals surface area contributed by atoms with E-state index in [0.29, 0.717) is 27.6 Å². The second-order valence-corrected chi connectivity index (χ2v) is 5.40. The summed E-state index contributed by atoms with van der Waals surface area (Å²) in [6.45, 7) is 0. The number of halogens is 1. The number of fused-ring (bicyclic) bond motifs is 1. The Kier molecular flexibility index (Phi) is 3.15. The van der Waals surface area contributed by atoms with E-state index in [4.69, 9.17) is 16.3 Å². The minimum Gasteiger partial charge on any atom is -0.497 e. The largest absolute Gasteiger partial charge is 0.497 e. The van der Waals surface area contributed by atoms with Crippen LogP contribution in [0.25, 0.3) is 0 Å². The third-order valence-electron chi connectivity index (χ3n) is 3.83. The molecule has 1 heterocycles. The number of likely N-dealkylation sites (N-methyl/N-ethyl adjacent to an activating group) is 1. The fourth-order valence-corrected chi connectivity index (χ4v) is 2.84. The van der Waals surface area contributed by atoms with E-state index in [2.05, 4.69) is 0 Å². The Balaban J connectivity index is 2.20. The van der Waals surface area contributed by atoms with Crippen LogP contribution in [0.2, 0.25) is 5.02 Å². The van der Waals surface area contributed by atoms with Gasteiger partial charge in [-0.3, -0.25) is 4.79 Å². The van der Waals surface area contributed by atoms with Crippen LogP contribution in [-0.4, -0.2) is 25.2 Å². The molecule has 0 fully saturated rings.